The summed E-state index contributed by atoms with van der Waals surface area (Å²) in [7, 11) is 0. The molecule has 0 spiro atoms. The summed E-state index contributed by atoms with van der Waals surface area (Å²) in [5.74, 6) is 1.10. The molecule has 1 aliphatic carbocycles. The second-order valence-electron chi connectivity index (χ2n) is 4.09. The van der Waals surface area contributed by atoms with Gasteiger partial charge in [-0.25, -0.2) is 9.97 Å². The van der Waals surface area contributed by atoms with Gasteiger partial charge in [0, 0.05) is 5.56 Å². The van der Waals surface area contributed by atoms with Gasteiger partial charge in [0.1, 0.15) is 5.15 Å². The third kappa shape index (κ3) is 1.73. The lowest BCUT2D eigenvalue weighted by molar-refractivity contribution is 0.441. The largest absolute Gasteiger partial charge is 0.224 e. The highest BCUT2D eigenvalue weighted by Crippen LogP contribution is 2.37. The van der Waals surface area contributed by atoms with Crippen LogP contribution in [0.1, 0.15) is 37.4 Å². The molecule has 0 saturated carbocycles. The summed E-state index contributed by atoms with van der Waals surface area (Å²) in [6.45, 7) is 4.39. The van der Waals surface area contributed by atoms with Crippen molar-refractivity contribution in [3.05, 3.63) is 21.7 Å². The molecule has 0 saturated heterocycles. The number of halogens is 2. The molecule has 4 heteroatoms. The van der Waals surface area contributed by atoms with E-state index in [1.165, 1.54) is 0 Å². The van der Waals surface area contributed by atoms with Crippen molar-refractivity contribution in [2.75, 3.05) is 0 Å². The first-order valence-electron chi connectivity index (χ1n) is 4.79. The number of fused-ring (bicyclic) bond motifs is 1. The SMILES string of the molecule is CC1Cc2nc(Cl)nc(Cl)c2C(C)C1. The summed E-state index contributed by atoms with van der Waals surface area (Å²) in [5.41, 5.74) is 2.12. The topological polar surface area (TPSA) is 25.8 Å². The van der Waals surface area contributed by atoms with E-state index in [9.17, 15) is 0 Å². The highest BCUT2D eigenvalue weighted by molar-refractivity contribution is 6.32. The van der Waals surface area contributed by atoms with Gasteiger partial charge >= 0.3 is 0 Å². The lowest BCUT2D eigenvalue weighted by Crippen LogP contribution is -2.17. The first kappa shape index (κ1) is 10.2. The minimum Gasteiger partial charge on any atom is -0.223 e. The van der Waals surface area contributed by atoms with Crippen LogP contribution in [0.15, 0.2) is 0 Å². The van der Waals surface area contributed by atoms with Crippen LogP contribution in [0, 0.1) is 5.92 Å². The molecule has 0 radical (unpaired) electrons. The van der Waals surface area contributed by atoms with Gasteiger partial charge in [-0.1, -0.05) is 25.4 Å². The normalized spacial score (nSPS) is 26.0. The molecule has 0 amide bonds. The maximum atomic E-state index is 6.05. The molecule has 0 aliphatic heterocycles. The summed E-state index contributed by atoms with van der Waals surface area (Å²) < 4.78 is 0. The highest BCUT2D eigenvalue weighted by atomic mass is 35.5. The molecule has 0 bridgehead atoms. The molecule has 1 aromatic heterocycles. The molecule has 2 atom stereocenters. The van der Waals surface area contributed by atoms with Gasteiger partial charge < -0.3 is 0 Å². The summed E-state index contributed by atoms with van der Waals surface area (Å²) in [4.78, 5) is 8.23. The van der Waals surface area contributed by atoms with E-state index in [0.717, 1.165) is 24.1 Å². The van der Waals surface area contributed by atoms with Crippen LogP contribution in [-0.4, -0.2) is 9.97 Å². The predicted octanol–water partition coefficient (Wildman–Crippen LogP) is 3.47. The zero-order valence-corrected chi connectivity index (χ0v) is 9.73. The Kier molecular flexibility index (Phi) is 2.67. The predicted molar refractivity (Wildman–Crippen MR) is 58.0 cm³/mol. The third-order valence-electron chi connectivity index (χ3n) is 2.74. The van der Waals surface area contributed by atoms with E-state index in [1.807, 2.05) is 0 Å². The number of nitrogens with zero attached hydrogens (tertiary/aromatic N) is 2. The van der Waals surface area contributed by atoms with E-state index >= 15 is 0 Å². The zero-order valence-electron chi connectivity index (χ0n) is 8.22. The lowest BCUT2D eigenvalue weighted by atomic mass is 9.82. The maximum Gasteiger partial charge on any atom is 0.224 e. The molecule has 0 aromatic carbocycles. The Morgan fingerprint density at radius 2 is 1.93 bits per heavy atom. The van der Waals surface area contributed by atoms with Gasteiger partial charge in [0.2, 0.25) is 5.28 Å². The number of aromatic nitrogens is 2. The first-order chi connectivity index (χ1) is 6.58. The van der Waals surface area contributed by atoms with Gasteiger partial charge in [0.05, 0.1) is 5.69 Å². The van der Waals surface area contributed by atoms with Gasteiger partial charge in [-0.05, 0) is 36.3 Å². The van der Waals surface area contributed by atoms with Crippen molar-refractivity contribution in [1.82, 2.24) is 9.97 Å². The van der Waals surface area contributed by atoms with Crippen molar-refractivity contribution in [2.24, 2.45) is 5.92 Å². The zero-order chi connectivity index (χ0) is 10.3. The Bertz CT molecular complexity index is 365. The molecule has 76 valence electrons. The molecule has 0 N–H and O–H groups in total. The van der Waals surface area contributed by atoms with E-state index < -0.39 is 0 Å². The molecule has 0 fully saturated rings. The average Bonchev–Trinajstić information content (AvgIpc) is 1.99. The Labute approximate surface area is 93.7 Å². The molecular weight excluding hydrogens is 219 g/mol. The molecule has 1 aromatic rings. The van der Waals surface area contributed by atoms with Crippen molar-refractivity contribution in [3.8, 4) is 0 Å². The quantitative estimate of drug-likeness (QED) is 0.504. The Balaban J connectivity index is 2.53. The summed E-state index contributed by atoms with van der Waals surface area (Å²) in [6, 6.07) is 0. The Morgan fingerprint density at radius 3 is 2.64 bits per heavy atom. The molecule has 14 heavy (non-hydrogen) atoms. The van der Waals surface area contributed by atoms with E-state index in [0.29, 0.717) is 17.0 Å². The van der Waals surface area contributed by atoms with Crippen LogP contribution in [0.3, 0.4) is 0 Å². The number of hydrogen-bond acceptors (Lipinski definition) is 2. The van der Waals surface area contributed by atoms with E-state index in [-0.39, 0.29) is 5.28 Å². The molecular formula is C10H12Cl2N2. The van der Waals surface area contributed by atoms with Crippen molar-refractivity contribution in [2.45, 2.75) is 32.6 Å². The van der Waals surface area contributed by atoms with Crippen LogP contribution in [0.25, 0.3) is 0 Å². The monoisotopic (exact) mass is 230 g/mol. The van der Waals surface area contributed by atoms with Gasteiger partial charge in [-0.3, -0.25) is 0 Å². The van der Waals surface area contributed by atoms with Gasteiger partial charge in [0.25, 0.3) is 0 Å². The van der Waals surface area contributed by atoms with Gasteiger partial charge in [-0.2, -0.15) is 0 Å². The Morgan fingerprint density at radius 1 is 1.21 bits per heavy atom. The fraction of sp³-hybridized carbons (Fsp3) is 0.600. The van der Waals surface area contributed by atoms with E-state index in [1.54, 1.807) is 0 Å². The first-order valence-corrected chi connectivity index (χ1v) is 5.55. The summed E-state index contributed by atoms with van der Waals surface area (Å²) >= 11 is 11.8. The molecule has 2 rings (SSSR count). The molecule has 2 nitrogen and oxygen atoms in total. The van der Waals surface area contributed by atoms with Gasteiger partial charge in [0.15, 0.2) is 0 Å². The van der Waals surface area contributed by atoms with E-state index in [4.69, 9.17) is 23.2 Å². The second kappa shape index (κ2) is 3.67. The van der Waals surface area contributed by atoms with Crippen LogP contribution in [0.5, 0.6) is 0 Å². The second-order valence-corrected chi connectivity index (χ2v) is 4.79. The smallest absolute Gasteiger partial charge is 0.223 e. The maximum absolute atomic E-state index is 6.05. The number of hydrogen-bond donors (Lipinski definition) is 0. The van der Waals surface area contributed by atoms with Crippen molar-refractivity contribution in [1.29, 1.82) is 0 Å². The number of rotatable bonds is 0. The fourth-order valence-corrected chi connectivity index (χ4v) is 2.84. The van der Waals surface area contributed by atoms with Gasteiger partial charge in [-0.15, -0.1) is 0 Å². The van der Waals surface area contributed by atoms with Crippen LogP contribution in [-0.2, 0) is 6.42 Å². The third-order valence-corrected chi connectivity index (χ3v) is 3.20. The minimum absolute atomic E-state index is 0.259. The average molecular weight is 231 g/mol. The lowest BCUT2D eigenvalue weighted by Gasteiger charge is -2.26. The summed E-state index contributed by atoms with van der Waals surface area (Å²) in [6.07, 6.45) is 2.11. The van der Waals surface area contributed by atoms with E-state index in [2.05, 4.69) is 23.8 Å². The standard InChI is InChI=1S/C10H12Cl2N2/c1-5-3-6(2)8-7(4-5)13-10(12)14-9(8)11/h5-6H,3-4H2,1-2H3. The van der Waals surface area contributed by atoms with Crippen LogP contribution in [0.2, 0.25) is 10.4 Å². The van der Waals surface area contributed by atoms with Crippen molar-refractivity contribution < 1.29 is 0 Å². The van der Waals surface area contributed by atoms with Crippen molar-refractivity contribution in [3.63, 3.8) is 0 Å². The minimum atomic E-state index is 0.259. The van der Waals surface area contributed by atoms with Crippen molar-refractivity contribution >= 4 is 23.2 Å². The Hall–Kier alpha value is -0.340. The molecule has 2 unspecified atom stereocenters. The molecule has 1 heterocycles. The van der Waals surface area contributed by atoms with Crippen LogP contribution in [0.4, 0.5) is 0 Å². The van der Waals surface area contributed by atoms with Crippen LogP contribution >= 0.6 is 23.2 Å². The summed E-state index contributed by atoms with van der Waals surface area (Å²) in [5, 5.41) is 0.787. The molecule has 1 aliphatic rings. The van der Waals surface area contributed by atoms with Crippen LogP contribution < -0.4 is 0 Å². The highest BCUT2D eigenvalue weighted by Gasteiger charge is 2.26. The fourth-order valence-electron chi connectivity index (χ4n) is 2.24.